The minimum atomic E-state index is -0.199. The fraction of sp³-hybridized carbons (Fsp3) is 0.208. The maximum Gasteiger partial charge on any atom is 0.272 e. The number of likely N-dealkylation sites (N-methyl/N-ethyl adjacent to an activating group) is 1. The van der Waals surface area contributed by atoms with Crippen molar-refractivity contribution in [2.75, 3.05) is 38.5 Å². The summed E-state index contributed by atoms with van der Waals surface area (Å²) in [7, 11) is 2.05. The van der Waals surface area contributed by atoms with E-state index in [4.69, 9.17) is 9.97 Å². The lowest BCUT2D eigenvalue weighted by molar-refractivity contribution is 0.0658. The monoisotopic (exact) mass is 469 g/mol. The summed E-state index contributed by atoms with van der Waals surface area (Å²) in [5.74, 6) is 1.43. The van der Waals surface area contributed by atoms with Crippen LogP contribution in [0.3, 0.4) is 0 Å². The van der Waals surface area contributed by atoms with Crippen LogP contribution in [0.1, 0.15) is 10.5 Å². The Morgan fingerprint density at radius 3 is 2.66 bits per heavy atom. The van der Waals surface area contributed by atoms with Crippen molar-refractivity contribution in [3.05, 3.63) is 64.6 Å². The molecule has 11 heteroatoms. The van der Waals surface area contributed by atoms with E-state index in [1.165, 1.54) is 0 Å². The van der Waals surface area contributed by atoms with E-state index in [2.05, 4.69) is 37.7 Å². The van der Waals surface area contributed by atoms with E-state index >= 15 is 0 Å². The van der Waals surface area contributed by atoms with E-state index in [1.54, 1.807) is 12.1 Å². The number of amides is 1. The molecular weight excluding hydrogens is 446 g/mol. The molecule has 5 aromatic rings. The topological polar surface area (TPSA) is 139 Å². The third-order valence-electron chi connectivity index (χ3n) is 6.28. The average Bonchev–Trinajstić information content (AvgIpc) is 3.50. The molecule has 1 amide bonds. The lowest BCUT2D eigenvalue weighted by Crippen LogP contribution is -2.47. The molecule has 35 heavy (non-hydrogen) atoms. The van der Waals surface area contributed by atoms with Gasteiger partial charge in [-0.1, -0.05) is 12.1 Å². The molecule has 4 heterocycles. The van der Waals surface area contributed by atoms with Crippen LogP contribution in [0, 0.1) is 0 Å². The summed E-state index contributed by atoms with van der Waals surface area (Å²) in [6.45, 7) is 3.07. The molecule has 0 spiro atoms. The zero-order valence-electron chi connectivity index (χ0n) is 19.0. The zero-order valence-corrected chi connectivity index (χ0v) is 19.0. The molecule has 176 valence electrons. The first kappa shape index (κ1) is 21.1. The van der Waals surface area contributed by atoms with Gasteiger partial charge in [0.15, 0.2) is 11.6 Å². The molecule has 0 saturated carbocycles. The van der Waals surface area contributed by atoms with Crippen LogP contribution >= 0.6 is 0 Å². The van der Waals surface area contributed by atoms with Crippen LogP contribution in [0.5, 0.6) is 0 Å². The van der Waals surface area contributed by atoms with Crippen molar-refractivity contribution < 1.29 is 4.79 Å². The lowest BCUT2D eigenvalue weighted by Gasteiger charge is -2.31. The van der Waals surface area contributed by atoms with Gasteiger partial charge in [0.05, 0.1) is 16.4 Å². The predicted molar refractivity (Wildman–Crippen MR) is 133 cm³/mol. The molecule has 0 unspecified atom stereocenters. The molecule has 0 radical (unpaired) electrons. The molecular formula is C24H23N9O2. The predicted octanol–water partition coefficient (Wildman–Crippen LogP) is 2.32. The maximum atomic E-state index is 12.9. The van der Waals surface area contributed by atoms with Crippen LogP contribution in [-0.2, 0) is 0 Å². The van der Waals surface area contributed by atoms with Crippen LogP contribution in [-0.4, -0.2) is 79.3 Å². The number of rotatable bonds is 4. The minimum Gasteiger partial charge on any atom is -0.335 e. The number of benzene rings is 2. The SMILES string of the molecule is CN1CCN(C(=O)c2cc(Nc3nc(-c4ccc5[nH][nH]c(=O)c5c4)nc4ccccc34)n[nH]2)CC1. The van der Waals surface area contributed by atoms with Gasteiger partial charge < -0.3 is 15.1 Å². The number of carbonyl (C=O) groups excluding carboxylic acids is 1. The van der Waals surface area contributed by atoms with E-state index in [9.17, 15) is 9.59 Å². The summed E-state index contributed by atoms with van der Waals surface area (Å²) < 4.78 is 0. The third-order valence-corrected chi connectivity index (χ3v) is 6.28. The van der Waals surface area contributed by atoms with Gasteiger partial charge in [-0.2, -0.15) is 5.10 Å². The van der Waals surface area contributed by atoms with Gasteiger partial charge in [0, 0.05) is 43.2 Å². The Labute approximate surface area is 199 Å². The van der Waals surface area contributed by atoms with Crippen LogP contribution in [0.4, 0.5) is 11.6 Å². The van der Waals surface area contributed by atoms with Crippen molar-refractivity contribution in [2.45, 2.75) is 0 Å². The van der Waals surface area contributed by atoms with Gasteiger partial charge in [0.25, 0.3) is 11.5 Å². The number of anilines is 2. The summed E-state index contributed by atoms with van der Waals surface area (Å²) >= 11 is 0. The largest absolute Gasteiger partial charge is 0.335 e. The number of aromatic amines is 3. The average molecular weight is 470 g/mol. The molecule has 1 saturated heterocycles. The molecule has 3 aromatic heterocycles. The van der Waals surface area contributed by atoms with E-state index in [0.29, 0.717) is 52.7 Å². The number of fused-ring (bicyclic) bond motifs is 2. The molecule has 1 aliphatic heterocycles. The molecule has 1 aliphatic rings. The Morgan fingerprint density at radius 2 is 1.80 bits per heavy atom. The zero-order chi connectivity index (χ0) is 23.9. The van der Waals surface area contributed by atoms with Gasteiger partial charge in [0.2, 0.25) is 0 Å². The first-order chi connectivity index (χ1) is 17.0. The molecule has 1 fully saturated rings. The molecule has 4 N–H and O–H groups in total. The second-order valence-corrected chi connectivity index (χ2v) is 8.64. The molecule has 11 nitrogen and oxygen atoms in total. The Bertz CT molecular complexity index is 1610. The quantitative estimate of drug-likeness (QED) is 0.317. The van der Waals surface area contributed by atoms with Gasteiger partial charge in [-0.25, -0.2) is 9.97 Å². The Morgan fingerprint density at radius 1 is 0.971 bits per heavy atom. The first-order valence-corrected chi connectivity index (χ1v) is 11.3. The highest BCUT2D eigenvalue weighted by Gasteiger charge is 2.22. The Balaban J connectivity index is 1.34. The van der Waals surface area contributed by atoms with E-state index in [0.717, 1.165) is 24.0 Å². The summed E-state index contributed by atoms with van der Waals surface area (Å²) in [6, 6.07) is 14.8. The van der Waals surface area contributed by atoms with Crippen LogP contribution in [0.2, 0.25) is 0 Å². The van der Waals surface area contributed by atoms with Gasteiger partial charge in [0.1, 0.15) is 11.5 Å². The van der Waals surface area contributed by atoms with E-state index in [1.807, 2.05) is 41.3 Å². The first-order valence-electron chi connectivity index (χ1n) is 11.3. The number of nitrogens with one attached hydrogen (secondary N) is 4. The number of nitrogens with zero attached hydrogens (tertiary/aromatic N) is 5. The number of aromatic nitrogens is 6. The molecule has 6 rings (SSSR count). The molecule has 0 bridgehead atoms. The van der Waals surface area contributed by atoms with Crippen LogP contribution in [0.15, 0.2) is 53.3 Å². The highest BCUT2D eigenvalue weighted by Crippen LogP contribution is 2.28. The Hall–Kier alpha value is -4.51. The number of hydrogen-bond acceptors (Lipinski definition) is 7. The molecule has 0 aliphatic carbocycles. The standard InChI is InChI=1S/C24H23N9O2/c1-32-8-10-33(11-9-32)24(35)19-13-20(30-29-19)26-22-15-4-2-3-5-17(15)25-21(27-22)14-6-7-18-16(12-14)23(34)31-28-18/h2-7,12-13H,8-11H2,1H3,(H2,28,31,34)(H2,25,26,27,29,30). The minimum absolute atomic E-state index is 0.0723. The number of carbonyl (C=O) groups is 1. The fourth-order valence-electron chi connectivity index (χ4n) is 4.27. The van der Waals surface area contributed by atoms with E-state index < -0.39 is 0 Å². The fourth-order valence-corrected chi connectivity index (χ4v) is 4.27. The number of H-pyrrole nitrogens is 3. The van der Waals surface area contributed by atoms with Gasteiger partial charge in [-0.05, 0) is 37.4 Å². The second kappa shape index (κ2) is 8.37. The summed E-state index contributed by atoms with van der Waals surface area (Å²) in [6.07, 6.45) is 0. The third kappa shape index (κ3) is 3.91. The maximum absolute atomic E-state index is 12.9. The lowest BCUT2D eigenvalue weighted by atomic mass is 10.1. The van der Waals surface area contributed by atoms with Crippen molar-refractivity contribution in [3.8, 4) is 11.4 Å². The summed E-state index contributed by atoms with van der Waals surface area (Å²) in [5, 5.41) is 17.2. The van der Waals surface area contributed by atoms with Crippen molar-refractivity contribution >= 4 is 39.3 Å². The van der Waals surface area contributed by atoms with Crippen molar-refractivity contribution in [1.82, 2.24) is 40.2 Å². The van der Waals surface area contributed by atoms with Crippen molar-refractivity contribution in [3.63, 3.8) is 0 Å². The summed E-state index contributed by atoms with van der Waals surface area (Å²) in [4.78, 5) is 38.4. The van der Waals surface area contributed by atoms with Gasteiger partial charge in [-0.15, -0.1) is 0 Å². The Kier molecular flexibility index (Phi) is 5.03. The summed E-state index contributed by atoms with van der Waals surface area (Å²) in [5.41, 5.74) is 2.39. The number of para-hydroxylation sites is 1. The smallest absolute Gasteiger partial charge is 0.272 e. The van der Waals surface area contributed by atoms with Crippen LogP contribution < -0.4 is 10.9 Å². The van der Waals surface area contributed by atoms with Crippen LogP contribution in [0.25, 0.3) is 33.2 Å². The molecule has 2 aromatic carbocycles. The second-order valence-electron chi connectivity index (χ2n) is 8.64. The van der Waals surface area contributed by atoms with Crippen molar-refractivity contribution in [1.29, 1.82) is 0 Å². The molecule has 0 atom stereocenters. The van der Waals surface area contributed by atoms with Gasteiger partial charge >= 0.3 is 0 Å². The number of piperazine rings is 1. The highest BCUT2D eigenvalue weighted by atomic mass is 16.2. The van der Waals surface area contributed by atoms with E-state index in [-0.39, 0.29) is 11.5 Å². The normalized spacial score (nSPS) is 14.6. The van der Waals surface area contributed by atoms with Gasteiger partial charge in [-0.3, -0.25) is 24.9 Å². The van der Waals surface area contributed by atoms with Crippen molar-refractivity contribution in [2.24, 2.45) is 0 Å². The number of hydrogen-bond donors (Lipinski definition) is 4. The highest BCUT2D eigenvalue weighted by molar-refractivity contribution is 5.95.